The number of tetrazole rings is 1. The van der Waals surface area contributed by atoms with Gasteiger partial charge in [-0.25, -0.2) is 0 Å². The summed E-state index contributed by atoms with van der Waals surface area (Å²) in [7, 11) is 0. The SMILES string of the molecule is CC(C)NCC1CCCN1c1ccc2nnnn2n1. The van der Waals surface area contributed by atoms with Gasteiger partial charge in [-0.15, -0.1) is 14.8 Å². The maximum Gasteiger partial charge on any atom is 0.200 e. The van der Waals surface area contributed by atoms with Crippen LogP contribution in [0.1, 0.15) is 26.7 Å². The van der Waals surface area contributed by atoms with Gasteiger partial charge in [0.15, 0.2) is 11.5 Å². The van der Waals surface area contributed by atoms with Crippen LogP contribution in [-0.2, 0) is 0 Å². The first-order chi connectivity index (χ1) is 9.24. The van der Waals surface area contributed by atoms with Gasteiger partial charge in [-0.05, 0) is 35.4 Å². The van der Waals surface area contributed by atoms with Gasteiger partial charge in [-0.2, -0.15) is 0 Å². The Labute approximate surface area is 112 Å². The van der Waals surface area contributed by atoms with Crippen LogP contribution in [0, 0.1) is 0 Å². The number of hydrogen-bond acceptors (Lipinski definition) is 6. The summed E-state index contributed by atoms with van der Waals surface area (Å²) in [6.07, 6.45) is 2.41. The van der Waals surface area contributed by atoms with Gasteiger partial charge in [-0.3, -0.25) is 0 Å². The third-order valence-electron chi connectivity index (χ3n) is 3.49. The fraction of sp³-hybridized carbons (Fsp3) is 0.667. The Morgan fingerprint density at radius 3 is 3.16 bits per heavy atom. The highest BCUT2D eigenvalue weighted by Gasteiger charge is 2.25. The van der Waals surface area contributed by atoms with Crippen molar-refractivity contribution in [1.82, 2.24) is 30.6 Å². The average Bonchev–Trinajstić information content (AvgIpc) is 3.04. The summed E-state index contributed by atoms with van der Waals surface area (Å²) < 4.78 is 1.49. The van der Waals surface area contributed by atoms with Gasteiger partial charge >= 0.3 is 0 Å². The number of nitrogens with one attached hydrogen (secondary N) is 1. The van der Waals surface area contributed by atoms with Crippen LogP contribution in [0.4, 0.5) is 5.82 Å². The summed E-state index contributed by atoms with van der Waals surface area (Å²) in [5.74, 6) is 0.952. The molecule has 1 unspecified atom stereocenters. The fourth-order valence-electron chi connectivity index (χ4n) is 2.51. The first-order valence-corrected chi connectivity index (χ1v) is 6.79. The van der Waals surface area contributed by atoms with Crippen molar-refractivity contribution in [3.8, 4) is 0 Å². The first kappa shape index (κ1) is 12.3. The van der Waals surface area contributed by atoms with Crippen molar-refractivity contribution in [2.45, 2.75) is 38.8 Å². The zero-order valence-corrected chi connectivity index (χ0v) is 11.3. The van der Waals surface area contributed by atoms with Crippen LogP contribution < -0.4 is 10.2 Å². The largest absolute Gasteiger partial charge is 0.351 e. The minimum absolute atomic E-state index is 0.504. The Hall–Kier alpha value is -1.76. The number of anilines is 1. The van der Waals surface area contributed by atoms with Crippen LogP contribution >= 0.6 is 0 Å². The second-order valence-electron chi connectivity index (χ2n) is 5.27. The summed E-state index contributed by atoms with van der Waals surface area (Å²) >= 11 is 0. The maximum atomic E-state index is 4.47. The molecule has 1 fully saturated rings. The van der Waals surface area contributed by atoms with Gasteiger partial charge in [0.2, 0.25) is 0 Å². The van der Waals surface area contributed by atoms with E-state index in [0.29, 0.717) is 17.7 Å². The number of nitrogens with zero attached hydrogens (tertiary/aromatic N) is 6. The van der Waals surface area contributed by atoms with Crippen LogP contribution in [0.15, 0.2) is 12.1 Å². The van der Waals surface area contributed by atoms with Crippen molar-refractivity contribution in [2.75, 3.05) is 18.0 Å². The summed E-state index contributed by atoms with van der Waals surface area (Å²) in [6, 6.07) is 4.92. The minimum atomic E-state index is 0.504. The zero-order chi connectivity index (χ0) is 13.2. The number of hydrogen-bond donors (Lipinski definition) is 1. The van der Waals surface area contributed by atoms with Crippen LogP contribution in [0.5, 0.6) is 0 Å². The van der Waals surface area contributed by atoms with Crippen molar-refractivity contribution in [3.05, 3.63) is 12.1 Å². The van der Waals surface area contributed by atoms with Crippen molar-refractivity contribution in [1.29, 1.82) is 0 Å². The zero-order valence-electron chi connectivity index (χ0n) is 11.3. The predicted molar refractivity (Wildman–Crippen MR) is 72.1 cm³/mol. The highest BCUT2D eigenvalue weighted by molar-refractivity contribution is 5.45. The number of rotatable bonds is 4. The van der Waals surface area contributed by atoms with Crippen LogP contribution in [0.25, 0.3) is 5.65 Å². The normalized spacial score (nSPS) is 19.7. The van der Waals surface area contributed by atoms with Gasteiger partial charge in [-0.1, -0.05) is 13.8 Å². The van der Waals surface area contributed by atoms with Gasteiger partial charge in [0, 0.05) is 25.2 Å². The molecule has 102 valence electrons. The van der Waals surface area contributed by atoms with E-state index in [0.717, 1.165) is 18.9 Å². The summed E-state index contributed by atoms with van der Waals surface area (Å²) in [6.45, 7) is 6.38. The van der Waals surface area contributed by atoms with Crippen molar-refractivity contribution in [3.63, 3.8) is 0 Å². The lowest BCUT2D eigenvalue weighted by Gasteiger charge is -2.26. The molecule has 7 nitrogen and oxygen atoms in total. The smallest absolute Gasteiger partial charge is 0.200 e. The molecule has 1 atom stereocenters. The molecular formula is C12H19N7. The monoisotopic (exact) mass is 261 g/mol. The molecule has 0 bridgehead atoms. The lowest BCUT2D eigenvalue weighted by molar-refractivity contribution is 0.520. The number of aromatic nitrogens is 5. The Morgan fingerprint density at radius 1 is 1.42 bits per heavy atom. The summed E-state index contributed by atoms with van der Waals surface area (Å²) in [5, 5.41) is 19.3. The lowest BCUT2D eigenvalue weighted by atomic mass is 10.2. The predicted octanol–water partition coefficient (Wildman–Crippen LogP) is 0.486. The third kappa shape index (κ3) is 2.51. The highest BCUT2D eigenvalue weighted by Crippen LogP contribution is 2.23. The topological polar surface area (TPSA) is 71.2 Å². The van der Waals surface area contributed by atoms with E-state index in [2.05, 4.69) is 44.7 Å². The molecule has 0 aromatic carbocycles. The molecule has 2 aromatic heterocycles. The van der Waals surface area contributed by atoms with Gasteiger partial charge < -0.3 is 10.2 Å². The van der Waals surface area contributed by atoms with Crippen LogP contribution in [-0.4, -0.2) is 50.4 Å². The molecule has 0 amide bonds. The van der Waals surface area contributed by atoms with Crippen LogP contribution in [0.2, 0.25) is 0 Å². The van der Waals surface area contributed by atoms with Gasteiger partial charge in [0.25, 0.3) is 0 Å². The van der Waals surface area contributed by atoms with E-state index in [1.807, 2.05) is 12.1 Å². The molecule has 0 radical (unpaired) electrons. The molecule has 7 heteroatoms. The summed E-state index contributed by atoms with van der Waals surface area (Å²) in [4.78, 5) is 2.34. The average molecular weight is 261 g/mol. The van der Waals surface area contributed by atoms with E-state index in [1.165, 1.54) is 17.5 Å². The molecule has 2 aromatic rings. The summed E-state index contributed by atoms with van der Waals surface area (Å²) in [5.41, 5.74) is 0.680. The Bertz CT molecular complexity index is 550. The molecule has 1 aliphatic rings. The van der Waals surface area contributed by atoms with E-state index >= 15 is 0 Å². The van der Waals surface area contributed by atoms with E-state index < -0.39 is 0 Å². The van der Waals surface area contributed by atoms with E-state index in [1.54, 1.807) is 0 Å². The molecule has 0 aliphatic carbocycles. The van der Waals surface area contributed by atoms with Gasteiger partial charge in [0.1, 0.15) is 0 Å². The maximum absolute atomic E-state index is 4.47. The molecule has 1 aliphatic heterocycles. The highest BCUT2D eigenvalue weighted by atomic mass is 15.6. The lowest BCUT2D eigenvalue weighted by Crippen LogP contribution is -2.40. The number of fused-ring (bicyclic) bond motifs is 1. The fourth-order valence-corrected chi connectivity index (χ4v) is 2.51. The molecule has 0 saturated carbocycles. The minimum Gasteiger partial charge on any atom is -0.351 e. The van der Waals surface area contributed by atoms with Crippen LogP contribution in [0.3, 0.4) is 0 Å². The van der Waals surface area contributed by atoms with Crippen molar-refractivity contribution in [2.24, 2.45) is 0 Å². The van der Waals surface area contributed by atoms with E-state index in [9.17, 15) is 0 Å². The Morgan fingerprint density at radius 2 is 2.32 bits per heavy atom. The molecule has 19 heavy (non-hydrogen) atoms. The van der Waals surface area contributed by atoms with E-state index in [-0.39, 0.29) is 0 Å². The third-order valence-corrected chi connectivity index (χ3v) is 3.49. The Balaban J connectivity index is 1.79. The molecule has 3 rings (SSSR count). The van der Waals surface area contributed by atoms with Crippen molar-refractivity contribution >= 4 is 11.5 Å². The molecule has 1 saturated heterocycles. The first-order valence-electron chi connectivity index (χ1n) is 6.79. The Kier molecular flexibility index (Phi) is 3.29. The molecular weight excluding hydrogens is 242 g/mol. The molecule has 0 spiro atoms. The quantitative estimate of drug-likeness (QED) is 0.863. The van der Waals surface area contributed by atoms with Crippen molar-refractivity contribution < 1.29 is 0 Å². The van der Waals surface area contributed by atoms with E-state index in [4.69, 9.17) is 0 Å². The molecule has 1 N–H and O–H groups in total. The second kappa shape index (κ2) is 5.08. The second-order valence-corrected chi connectivity index (χ2v) is 5.27. The van der Waals surface area contributed by atoms with Gasteiger partial charge in [0.05, 0.1) is 0 Å². The standard InChI is InChI=1S/C12H19N7/c1-9(2)13-8-10-4-3-7-18(10)12-6-5-11-14-16-17-19(11)15-12/h5-6,9-10,13H,3-4,7-8H2,1-2H3. The molecule has 3 heterocycles.